The number of hydrogen-bond donors (Lipinski definition) is 3. The lowest BCUT2D eigenvalue weighted by atomic mass is 9.96. The Kier molecular flexibility index (Phi) is 5.50. The van der Waals surface area contributed by atoms with Crippen LogP contribution in [0, 0.1) is 0 Å². The van der Waals surface area contributed by atoms with Crippen LogP contribution in [0.4, 0.5) is 18.0 Å². The molecule has 1 fully saturated rings. The van der Waals surface area contributed by atoms with Crippen molar-refractivity contribution in [1.29, 1.82) is 0 Å². The van der Waals surface area contributed by atoms with E-state index in [1.54, 1.807) is 0 Å². The number of carbonyl (C=O) groups is 3. The molecule has 136 valence electrons. The van der Waals surface area contributed by atoms with E-state index in [-0.39, 0.29) is 31.6 Å². The van der Waals surface area contributed by atoms with Gasteiger partial charge < -0.3 is 20.6 Å². The molecule has 3 amide bonds. The van der Waals surface area contributed by atoms with Crippen LogP contribution >= 0.6 is 0 Å². The van der Waals surface area contributed by atoms with E-state index in [1.165, 1.54) is 12.1 Å². The number of rotatable bonds is 4. The molecule has 1 atom stereocenters. The largest absolute Gasteiger partial charge is 0.481 e. The van der Waals surface area contributed by atoms with Gasteiger partial charge in [0.05, 0.1) is 12.0 Å². The van der Waals surface area contributed by atoms with Crippen LogP contribution in [0.25, 0.3) is 0 Å². The van der Waals surface area contributed by atoms with Crippen molar-refractivity contribution in [2.45, 2.75) is 18.6 Å². The summed E-state index contributed by atoms with van der Waals surface area (Å²) >= 11 is 0. The van der Waals surface area contributed by atoms with Crippen molar-refractivity contribution < 1.29 is 32.7 Å². The van der Waals surface area contributed by atoms with Crippen molar-refractivity contribution in [3.63, 3.8) is 0 Å². The Balaban J connectivity index is 2.31. The van der Waals surface area contributed by atoms with Gasteiger partial charge in [-0.25, -0.2) is 4.79 Å². The Morgan fingerprint density at radius 3 is 2.64 bits per heavy atom. The highest BCUT2D eigenvalue weighted by atomic mass is 19.4. The molecule has 25 heavy (non-hydrogen) atoms. The molecule has 3 N–H and O–H groups in total. The quantitative estimate of drug-likeness (QED) is 0.756. The number of carboxylic acid groups (broad SMARTS) is 1. The van der Waals surface area contributed by atoms with Gasteiger partial charge in [0.1, 0.15) is 6.04 Å². The second-order valence-electron chi connectivity index (χ2n) is 5.35. The van der Waals surface area contributed by atoms with Gasteiger partial charge in [-0.1, -0.05) is 18.2 Å². The van der Waals surface area contributed by atoms with Crippen molar-refractivity contribution in [3.05, 3.63) is 35.4 Å². The van der Waals surface area contributed by atoms with Gasteiger partial charge >= 0.3 is 18.2 Å². The number of alkyl halides is 3. The van der Waals surface area contributed by atoms with Gasteiger partial charge in [-0.05, 0) is 11.6 Å². The smallest absolute Gasteiger partial charge is 0.416 e. The van der Waals surface area contributed by atoms with Crippen LogP contribution in [0.15, 0.2) is 24.3 Å². The normalized spacial score (nSPS) is 17.8. The lowest BCUT2D eigenvalue weighted by molar-refractivity contribution is -0.140. The molecule has 2 rings (SSSR count). The molecule has 0 spiro atoms. The summed E-state index contributed by atoms with van der Waals surface area (Å²) in [6.45, 7) is -0.0999. The van der Waals surface area contributed by atoms with Crippen LogP contribution < -0.4 is 10.6 Å². The Morgan fingerprint density at radius 1 is 1.32 bits per heavy atom. The topological polar surface area (TPSA) is 98.7 Å². The maximum atomic E-state index is 13.2. The molecule has 0 bridgehead atoms. The summed E-state index contributed by atoms with van der Waals surface area (Å²) in [6, 6.07) is 2.31. The van der Waals surface area contributed by atoms with Crippen LogP contribution in [0.1, 0.15) is 23.6 Å². The molecule has 0 radical (unpaired) electrons. The Labute approximate surface area is 140 Å². The van der Waals surface area contributed by atoms with E-state index < -0.39 is 35.7 Å². The minimum atomic E-state index is -4.68. The van der Waals surface area contributed by atoms with Crippen LogP contribution in [0.2, 0.25) is 0 Å². The Morgan fingerprint density at radius 2 is 2.00 bits per heavy atom. The van der Waals surface area contributed by atoms with E-state index in [4.69, 9.17) is 5.11 Å². The summed E-state index contributed by atoms with van der Waals surface area (Å²) in [5, 5.41) is 13.3. The Hall–Kier alpha value is -2.78. The first-order chi connectivity index (χ1) is 11.7. The SMILES string of the molecule is O=C(O)CCNC(=O)N1CCNC(=O)C1c1ccccc1C(F)(F)F. The lowest BCUT2D eigenvalue weighted by Gasteiger charge is -2.36. The summed E-state index contributed by atoms with van der Waals surface area (Å²) in [4.78, 5) is 35.9. The van der Waals surface area contributed by atoms with Gasteiger partial charge in [-0.3, -0.25) is 9.59 Å². The fourth-order valence-electron chi connectivity index (χ4n) is 2.57. The number of amides is 3. The molecule has 7 nitrogen and oxygen atoms in total. The highest BCUT2D eigenvalue weighted by molar-refractivity contribution is 5.89. The maximum Gasteiger partial charge on any atom is 0.416 e. The number of nitrogens with one attached hydrogen (secondary N) is 2. The van der Waals surface area contributed by atoms with E-state index in [0.29, 0.717) is 0 Å². The zero-order chi connectivity index (χ0) is 18.6. The zero-order valence-electron chi connectivity index (χ0n) is 13.0. The standard InChI is InChI=1S/C15H16F3N3O4/c16-15(17,18)10-4-2-1-3-9(10)12-13(24)19-7-8-21(12)14(25)20-6-5-11(22)23/h1-4,12H,5-8H2,(H,19,24)(H,20,25)(H,22,23). The fourth-order valence-corrected chi connectivity index (χ4v) is 2.57. The molecule has 0 saturated carbocycles. The molecule has 1 aromatic rings. The number of urea groups is 1. The number of carbonyl (C=O) groups excluding carboxylic acids is 2. The molecular weight excluding hydrogens is 343 g/mol. The molecule has 1 aromatic carbocycles. The van der Waals surface area contributed by atoms with Crippen molar-refractivity contribution in [2.75, 3.05) is 19.6 Å². The van der Waals surface area contributed by atoms with Crippen molar-refractivity contribution in [1.82, 2.24) is 15.5 Å². The summed E-state index contributed by atoms with van der Waals surface area (Å²) in [6.07, 6.45) is -5.02. The molecule has 1 heterocycles. The van der Waals surface area contributed by atoms with Crippen molar-refractivity contribution >= 4 is 17.9 Å². The predicted octanol–water partition coefficient (Wildman–Crippen LogP) is 1.36. The monoisotopic (exact) mass is 359 g/mol. The average molecular weight is 359 g/mol. The number of nitrogens with zero attached hydrogens (tertiary/aromatic N) is 1. The number of carboxylic acids is 1. The van der Waals surface area contributed by atoms with Gasteiger partial charge in [0.25, 0.3) is 0 Å². The highest BCUT2D eigenvalue weighted by Gasteiger charge is 2.41. The van der Waals surface area contributed by atoms with E-state index in [2.05, 4.69) is 10.6 Å². The third-order valence-corrected chi connectivity index (χ3v) is 3.65. The molecule has 1 unspecified atom stereocenters. The number of piperazine rings is 1. The molecular formula is C15H16F3N3O4. The second kappa shape index (κ2) is 7.41. The maximum absolute atomic E-state index is 13.2. The van der Waals surface area contributed by atoms with Crippen molar-refractivity contribution in [3.8, 4) is 0 Å². The molecule has 10 heteroatoms. The number of hydrogen-bond acceptors (Lipinski definition) is 3. The van der Waals surface area contributed by atoms with Gasteiger partial charge in [0.15, 0.2) is 0 Å². The van der Waals surface area contributed by atoms with Crippen LogP contribution in [0.3, 0.4) is 0 Å². The first-order valence-corrected chi connectivity index (χ1v) is 7.42. The number of aliphatic carboxylic acids is 1. The molecule has 0 aliphatic carbocycles. The van der Waals surface area contributed by atoms with E-state index in [1.807, 2.05) is 0 Å². The van der Waals surface area contributed by atoms with Crippen molar-refractivity contribution in [2.24, 2.45) is 0 Å². The molecule has 1 aliphatic heterocycles. The van der Waals surface area contributed by atoms with Crippen LogP contribution in [-0.4, -0.2) is 47.5 Å². The van der Waals surface area contributed by atoms with Crippen LogP contribution in [-0.2, 0) is 15.8 Å². The average Bonchev–Trinajstić information content (AvgIpc) is 2.53. The van der Waals surface area contributed by atoms with E-state index in [9.17, 15) is 27.6 Å². The molecule has 0 aromatic heterocycles. The van der Waals surface area contributed by atoms with E-state index in [0.717, 1.165) is 17.0 Å². The molecule has 1 saturated heterocycles. The number of halogens is 3. The van der Waals surface area contributed by atoms with Gasteiger partial charge in [-0.15, -0.1) is 0 Å². The molecule has 1 aliphatic rings. The lowest BCUT2D eigenvalue weighted by Crippen LogP contribution is -2.55. The highest BCUT2D eigenvalue weighted by Crippen LogP contribution is 2.36. The Bertz CT molecular complexity index is 678. The van der Waals surface area contributed by atoms with E-state index >= 15 is 0 Å². The zero-order valence-corrected chi connectivity index (χ0v) is 13.0. The third-order valence-electron chi connectivity index (χ3n) is 3.65. The first kappa shape index (κ1) is 18.6. The van der Waals surface area contributed by atoms with Crippen LogP contribution in [0.5, 0.6) is 0 Å². The fraction of sp³-hybridized carbons (Fsp3) is 0.400. The second-order valence-corrected chi connectivity index (χ2v) is 5.35. The minimum Gasteiger partial charge on any atom is -0.481 e. The summed E-state index contributed by atoms with van der Waals surface area (Å²) in [5.74, 6) is -1.85. The summed E-state index contributed by atoms with van der Waals surface area (Å²) in [7, 11) is 0. The third kappa shape index (κ3) is 4.40. The van der Waals surface area contributed by atoms with Gasteiger partial charge in [0.2, 0.25) is 5.91 Å². The van der Waals surface area contributed by atoms with Gasteiger partial charge in [-0.2, -0.15) is 13.2 Å². The first-order valence-electron chi connectivity index (χ1n) is 7.42. The number of benzene rings is 1. The summed E-state index contributed by atoms with van der Waals surface area (Å²) in [5.41, 5.74) is -1.33. The van der Waals surface area contributed by atoms with Gasteiger partial charge in [0, 0.05) is 19.6 Å². The predicted molar refractivity (Wildman–Crippen MR) is 79.6 cm³/mol. The minimum absolute atomic E-state index is 0.00149. The summed E-state index contributed by atoms with van der Waals surface area (Å²) < 4.78 is 39.7.